The Kier molecular flexibility index (Phi) is 4.84. The molecular formula is C21H18F2N4O2. The molecule has 0 aliphatic carbocycles. The largest absolute Gasteiger partial charge is 0.344 e. The third-order valence-corrected chi connectivity index (χ3v) is 4.86. The number of halogens is 2. The highest BCUT2D eigenvalue weighted by molar-refractivity contribution is 5.94. The van der Waals surface area contributed by atoms with E-state index >= 15 is 0 Å². The van der Waals surface area contributed by atoms with E-state index in [2.05, 4.69) is 15.7 Å². The van der Waals surface area contributed by atoms with Crippen molar-refractivity contribution in [3.8, 4) is 5.69 Å². The number of carbonyl (C=O) groups excluding carboxylic acids is 2. The fourth-order valence-corrected chi connectivity index (χ4v) is 3.30. The number of nitrogens with zero attached hydrogens (tertiary/aromatic N) is 2. The summed E-state index contributed by atoms with van der Waals surface area (Å²) in [6, 6.07) is 10.2. The first kappa shape index (κ1) is 18.8. The molecule has 29 heavy (non-hydrogen) atoms. The van der Waals surface area contributed by atoms with Crippen LogP contribution in [0.3, 0.4) is 0 Å². The fourth-order valence-electron chi connectivity index (χ4n) is 3.30. The number of para-hydroxylation sites is 1. The maximum absolute atomic E-state index is 13.9. The van der Waals surface area contributed by atoms with Crippen molar-refractivity contribution in [3.63, 3.8) is 0 Å². The molecule has 1 atom stereocenters. The lowest BCUT2D eigenvalue weighted by Crippen LogP contribution is -2.27. The maximum atomic E-state index is 13.9. The van der Waals surface area contributed by atoms with E-state index in [1.54, 1.807) is 0 Å². The van der Waals surface area contributed by atoms with Crippen molar-refractivity contribution in [2.24, 2.45) is 0 Å². The molecule has 2 amide bonds. The first-order chi connectivity index (χ1) is 13.9. The van der Waals surface area contributed by atoms with Crippen molar-refractivity contribution in [2.75, 3.05) is 5.32 Å². The Balaban J connectivity index is 1.50. The minimum absolute atomic E-state index is 0.00604. The molecular weight excluding hydrogens is 378 g/mol. The summed E-state index contributed by atoms with van der Waals surface area (Å²) in [7, 11) is 0. The fraction of sp³-hybridized carbons (Fsp3) is 0.190. The second kappa shape index (κ2) is 7.46. The molecule has 8 heteroatoms. The van der Waals surface area contributed by atoms with Crippen molar-refractivity contribution in [2.45, 2.75) is 25.8 Å². The number of aromatic nitrogens is 2. The molecule has 1 aliphatic rings. The number of amides is 2. The molecule has 0 bridgehead atoms. The summed E-state index contributed by atoms with van der Waals surface area (Å²) >= 11 is 0. The van der Waals surface area contributed by atoms with Crippen LogP contribution in [0.25, 0.3) is 5.69 Å². The third-order valence-electron chi connectivity index (χ3n) is 4.86. The van der Waals surface area contributed by atoms with Crippen LogP contribution >= 0.6 is 0 Å². The van der Waals surface area contributed by atoms with Gasteiger partial charge < -0.3 is 10.6 Å². The standard InChI is InChI=1S/C21H18F2N4O2/c1-12(13-5-7-17-14(11-13)6-8-19(28)25-17)24-21(29)18-9-10-27(26-18)20-15(22)3-2-4-16(20)23/h2-5,7,9-12H,6,8H2,1H3,(H,24,29)(H,25,28)/t12-/m0/s1. The summed E-state index contributed by atoms with van der Waals surface area (Å²) in [6.45, 7) is 1.83. The molecule has 0 fully saturated rings. The zero-order chi connectivity index (χ0) is 20.5. The van der Waals surface area contributed by atoms with Gasteiger partial charge in [0.05, 0.1) is 6.04 Å². The van der Waals surface area contributed by atoms with Gasteiger partial charge in [0.25, 0.3) is 5.91 Å². The Bertz CT molecular complexity index is 1090. The second-order valence-electron chi connectivity index (χ2n) is 6.88. The summed E-state index contributed by atoms with van der Waals surface area (Å²) < 4.78 is 28.8. The van der Waals surface area contributed by atoms with E-state index in [0.717, 1.165) is 33.6 Å². The molecule has 1 aliphatic heterocycles. The summed E-state index contributed by atoms with van der Waals surface area (Å²) in [5.74, 6) is -2.00. The number of nitrogens with one attached hydrogen (secondary N) is 2. The molecule has 0 radical (unpaired) electrons. The first-order valence-electron chi connectivity index (χ1n) is 9.16. The van der Waals surface area contributed by atoms with Gasteiger partial charge in [-0.1, -0.05) is 18.2 Å². The third kappa shape index (κ3) is 3.73. The van der Waals surface area contributed by atoms with Crippen molar-refractivity contribution in [1.29, 1.82) is 0 Å². The van der Waals surface area contributed by atoms with Gasteiger partial charge in [-0.25, -0.2) is 13.5 Å². The van der Waals surface area contributed by atoms with Crippen LogP contribution in [0.4, 0.5) is 14.5 Å². The van der Waals surface area contributed by atoms with E-state index in [1.165, 1.54) is 18.3 Å². The maximum Gasteiger partial charge on any atom is 0.272 e. The van der Waals surface area contributed by atoms with E-state index in [1.807, 2.05) is 25.1 Å². The van der Waals surface area contributed by atoms with E-state index in [4.69, 9.17) is 0 Å². The smallest absolute Gasteiger partial charge is 0.272 e. The molecule has 2 N–H and O–H groups in total. The number of rotatable bonds is 4. The molecule has 0 spiro atoms. The molecule has 148 valence electrons. The molecule has 1 aromatic heterocycles. The van der Waals surface area contributed by atoms with Crippen molar-refractivity contribution in [1.82, 2.24) is 15.1 Å². The number of benzene rings is 2. The molecule has 2 aromatic carbocycles. The van der Waals surface area contributed by atoms with Crippen LogP contribution in [0.15, 0.2) is 48.7 Å². The Hall–Kier alpha value is -3.55. The van der Waals surface area contributed by atoms with Gasteiger partial charge in [0.15, 0.2) is 17.3 Å². The van der Waals surface area contributed by atoms with Gasteiger partial charge in [-0.3, -0.25) is 9.59 Å². The lowest BCUT2D eigenvalue weighted by Gasteiger charge is -2.20. The lowest BCUT2D eigenvalue weighted by atomic mass is 9.98. The topological polar surface area (TPSA) is 76.0 Å². The van der Waals surface area contributed by atoms with Crippen LogP contribution in [-0.4, -0.2) is 21.6 Å². The highest BCUT2D eigenvalue weighted by Crippen LogP contribution is 2.26. The SMILES string of the molecule is C[C@H](NC(=O)c1ccn(-c2c(F)cccc2F)n1)c1ccc2c(c1)CCC(=O)N2. The average molecular weight is 396 g/mol. The molecule has 3 aromatic rings. The van der Waals surface area contributed by atoms with Gasteiger partial charge in [-0.05, 0) is 48.7 Å². The summed E-state index contributed by atoms with van der Waals surface area (Å²) in [5.41, 5.74) is 2.39. The van der Waals surface area contributed by atoms with Crippen molar-refractivity contribution >= 4 is 17.5 Å². The lowest BCUT2D eigenvalue weighted by molar-refractivity contribution is -0.116. The van der Waals surface area contributed by atoms with E-state index < -0.39 is 17.5 Å². The predicted molar refractivity (Wildman–Crippen MR) is 103 cm³/mol. The summed E-state index contributed by atoms with van der Waals surface area (Å²) in [6.07, 6.45) is 2.41. The highest BCUT2D eigenvalue weighted by Gasteiger charge is 2.19. The summed E-state index contributed by atoms with van der Waals surface area (Å²) in [5, 5.41) is 9.66. The van der Waals surface area contributed by atoms with Crippen LogP contribution in [0, 0.1) is 11.6 Å². The molecule has 0 saturated carbocycles. The van der Waals surface area contributed by atoms with Crippen molar-refractivity contribution in [3.05, 3.63) is 77.1 Å². The van der Waals surface area contributed by atoms with Gasteiger partial charge >= 0.3 is 0 Å². The van der Waals surface area contributed by atoms with Gasteiger partial charge in [0, 0.05) is 18.3 Å². The minimum atomic E-state index is -0.769. The van der Waals surface area contributed by atoms with Crippen molar-refractivity contribution < 1.29 is 18.4 Å². The molecule has 0 unspecified atom stereocenters. The monoisotopic (exact) mass is 396 g/mol. The van der Waals surface area contributed by atoms with E-state index in [-0.39, 0.29) is 23.3 Å². The normalized spacial score (nSPS) is 14.1. The molecule has 2 heterocycles. The van der Waals surface area contributed by atoms with Gasteiger partial charge in [0.1, 0.15) is 5.69 Å². The Morgan fingerprint density at radius 2 is 1.93 bits per heavy atom. The zero-order valence-corrected chi connectivity index (χ0v) is 15.6. The Morgan fingerprint density at radius 1 is 1.17 bits per heavy atom. The van der Waals surface area contributed by atoms with Crippen LogP contribution in [0.2, 0.25) is 0 Å². The van der Waals surface area contributed by atoms with Crippen LogP contribution in [0.5, 0.6) is 0 Å². The van der Waals surface area contributed by atoms with Crippen LogP contribution in [-0.2, 0) is 11.2 Å². The first-order valence-corrected chi connectivity index (χ1v) is 9.16. The number of anilines is 1. The second-order valence-corrected chi connectivity index (χ2v) is 6.88. The molecule has 4 rings (SSSR count). The van der Waals surface area contributed by atoms with Gasteiger partial charge in [-0.15, -0.1) is 0 Å². The number of aryl methyl sites for hydroxylation is 1. The zero-order valence-electron chi connectivity index (χ0n) is 15.6. The average Bonchev–Trinajstić information content (AvgIpc) is 3.17. The quantitative estimate of drug-likeness (QED) is 0.709. The predicted octanol–water partition coefficient (Wildman–Crippen LogP) is 3.53. The van der Waals surface area contributed by atoms with Gasteiger partial charge in [-0.2, -0.15) is 5.10 Å². The van der Waals surface area contributed by atoms with E-state index in [0.29, 0.717) is 12.8 Å². The number of hydrogen-bond donors (Lipinski definition) is 2. The Labute approximate surface area is 165 Å². The molecule has 0 saturated heterocycles. The summed E-state index contributed by atoms with van der Waals surface area (Å²) in [4.78, 5) is 24.0. The van der Waals surface area contributed by atoms with Crippen LogP contribution < -0.4 is 10.6 Å². The molecule has 6 nitrogen and oxygen atoms in total. The van der Waals surface area contributed by atoms with E-state index in [9.17, 15) is 18.4 Å². The highest BCUT2D eigenvalue weighted by atomic mass is 19.1. The number of hydrogen-bond acceptors (Lipinski definition) is 3. The van der Waals surface area contributed by atoms with Gasteiger partial charge in [0.2, 0.25) is 5.91 Å². The number of fused-ring (bicyclic) bond motifs is 1. The number of carbonyl (C=O) groups is 2. The minimum Gasteiger partial charge on any atom is -0.344 e. The van der Waals surface area contributed by atoms with Crippen LogP contribution in [0.1, 0.15) is 41.0 Å². The Morgan fingerprint density at radius 3 is 2.69 bits per heavy atom.